The Balaban J connectivity index is 2.00. The molecule has 2 aromatic carbocycles. The maximum Gasteiger partial charge on any atom is 0.425 e. The maximum atomic E-state index is 13.9. The van der Waals surface area contributed by atoms with Crippen LogP contribution in [0.4, 0.5) is 18.0 Å². The van der Waals surface area contributed by atoms with Crippen molar-refractivity contribution in [3.05, 3.63) is 65.7 Å². The van der Waals surface area contributed by atoms with Crippen LogP contribution in [0.5, 0.6) is 5.75 Å². The number of methoxy groups -OCH3 is 1. The van der Waals surface area contributed by atoms with Crippen molar-refractivity contribution in [2.45, 2.75) is 18.3 Å². The van der Waals surface area contributed by atoms with E-state index in [4.69, 9.17) is 4.74 Å². The Morgan fingerprint density at radius 1 is 1.08 bits per heavy atom. The maximum absolute atomic E-state index is 13.9. The molecule has 26 heavy (non-hydrogen) atoms. The molecule has 1 atom stereocenters. The van der Waals surface area contributed by atoms with Crippen LogP contribution in [-0.2, 0) is 16.9 Å². The second-order valence-electron chi connectivity index (χ2n) is 5.79. The van der Waals surface area contributed by atoms with Gasteiger partial charge >= 0.3 is 12.2 Å². The molecular formula is C18H15F3N2O3. The van der Waals surface area contributed by atoms with Crippen molar-refractivity contribution in [1.29, 1.82) is 0 Å². The van der Waals surface area contributed by atoms with Gasteiger partial charge in [-0.2, -0.15) is 13.2 Å². The third-order valence-corrected chi connectivity index (χ3v) is 4.21. The number of urea groups is 1. The van der Waals surface area contributed by atoms with Crippen molar-refractivity contribution < 1.29 is 27.5 Å². The molecule has 2 aromatic rings. The molecule has 0 aromatic heterocycles. The number of amides is 3. The van der Waals surface area contributed by atoms with Gasteiger partial charge in [-0.25, -0.2) is 4.79 Å². The van der Waals surface area contributed by atoms with E-state index in [1.54, 1.807) is 24.3 Å². The number of ether oxygens (including phenoxy) is 1. The molecule has 1 unspecified atom stereocenters. The highest BCUT2D eigenvalue weighted by Gasteiger charge is 2.68. The fraction of sp³-hybridized carbons (Fsp3) is 0.222. The molecule has 1 saturated heterocycles. The van der Waals surface area contributed by atoms with Crippen molar-refractivity contribution in [3.63, 3.8) is 0 Å². The van der Waals surface area contributed by atoms with E-state index in [-0.39, 0.29) is 12.1 Å². The Kier molecular flexibility index (Phi) is 4.35. The van der Waals surface area contributed by atoms with Gasteiger partial charge in [0.2, 0.25) is 5.54 Å². The second-order valence-corrected chi connectivity index (χ2v) is 5.79. The second kappa shape index (κ2) is 6.36. The zero-order valence-electron chi connectivity index (χ0n) is 13.7. The predicted molar refractivity (Wildman–Crippen MR) is 86.3 cm³/mol. The predicted octanol–water partition coefficient (Wildman–Crippen LogP) is 3.20. The zero-order chi connectivity index (χ0) is 18.9. The SMILES string of the molecule is COc1cccc(CN2C(=O)NC(c3ccccc3)(C(F)(F)F)C2=O)c1. The Hall–Kier alpha value is -3.03. The number of benzene rings is 2. The molecule has 1 N–H and O–H groups in total. The molecule has 1 aliphatic heterocycles. The molecule has 1 aliphatic rings. The molecule has 0 saturated carbocycles. The lowest BCUT2D eigenvalue weighted by Gasteiger charge is -2.29. The number of imide groups is 1. The number of hydrogen-bond acceptors (Lipinski definition) is 3. The fourth-order valence-electron chi connectivity index (χ4n) is 2.91. The molecule has 8 heteroatoms. The van der Waals surface area contributed by atoms with E-state index in [1.165, 1.54) is 37.4 Å². The summed E-state index contributed by atoms with van der Waals surface area (Å²) in [6, 6.07) is 12.0. The van der Waals surface area contributed by atoms with Crippen LogP contribution in [0, 0.1) is 0 Å². The zero-order valence-corrected chi connectivity index (χ0v) is 13.7. The quantitative estimate of drug-likeness (QED) is 0.848. The smallest absolute Gasteiger partial charge is 0.425 e. The van der Waals surface area contributed by atoms with Crippen molar-refractivity contribution in [2.24, 2.45) is 0 Å². The van der Waals surface area contributed by atoms with Crippen molar-refractivity contribution >= 4 is 11.9 Å². The lowest BCUT2D eigenvalue weighted by molar-refractivity contribution is -0.198. The Morgan fingerprint density at radius 2 is 1.77 bits per heavy atom. The van der Waals surface area contributed by atoms with E-state index in [0.29, 0.717) is 16.2 Å². The lowest BCUT2D eigenvalue weighted by Crippen LogP contribution is -2.55. The average Bonchev–Trinajstić information content (AvgIpc) is 2.88. The van der Waals surface area contributed by atoms with E-state index in [2.05, 4.69) is 0 Å². The summed E-state index contributed by atoms with van der Waals surface area (Å²) in [5, 5.41) is 1.85. The molecule has 0 bridgehead atoms. The number of nitrogens with one attached hydrogen (secondary N) is 1. The first-order chi connectivity index (χ1) is 12.3. The van der Waals surface area contributed by atoms with Gasteiger partial charge in [0.1, 0.15) is 5.75 Å². The van der Waals surface area contributed by atoms with Crippen LogP contribution >= 0.6 is 0 Å². The summed E-state index contributed by atoms with van der Waals surface area (Å²) in [5.74, 6) is -0.885. The van der Waals surface area contributed by atoms with E-state index in [1.807, 2.05) is 5.32 Å². The lowest BCUT2D eigenvalue weighted by atomic mass is 9.89. The molecule has 5 nitrogen and oxygen atoms in total. The van der Waals surface area contributed by atoms with Gasteiger partial charge in [0, 0.05) is 0 Å². The molecule has 1 fully saturated rings. The number of nitrogens with zero attached hydrogens (tertiary/aromatic N) is 1. The molecule has 0 radical (unpaired) electrons. The third-order valence-electron chi connectivity index (χ3n) is 4.21. The topological polar surface area (TPSA) is 58.6 Å². The molecule has 0 aliphatic carbocycles. The average molecular weight is 364 g/mol. The first-order valence-corrected chi connectivity index (χ1v) is 7.69. The van der Waals surface area contributed by atoms with Gasteiger partial charge in [-0.15, -0.1) is 0 Å². The largest absolute Gasteiger partial charge is 0.497 e. The molecule has 3 rings (SSSR count). The standard InChI is InChI=1S/C18H15F3N2O3/c1-26-14-9-5-6-12(10-14)11-23-15(24)17(18(19,20)21,22-16(23)25)13-7-3-2-4-8-13/h2-10H,11H2,1H3,(H,22,25). The molecule has 136 valence electrons. The summed E-state index contributed by atoms with van der Waals surface area (Å²) in [5.41, 5.74) is -2.96. The summed E-state index contributed by atoms with van der Waals surface area (Å²) < 4.78 is 46.7. The van der Waals surface area contributed by atoms with E-state index in [9.17, 15) is 22.8 Å². The van der Waals surface area contributed by atoms with Crippen LogP contribution in [0.3, 0.4) is 0 Å². The minimum absolute atomic E-state index is 0.299. The third kappa shape index (κ3) is 2.77. The first kappa shape index (κ1) is 17.8. The van der Waals surface area contributed by atoms with Crippen LogP contribution in [-0.4, -0.2) is 30.1 Å². The fourth-order valence-corrected chi connectivity index (χ4v) is 2.91. The van der Waals surface area contributed by atoms with Crippen molar-refractivity contribution in [1.82, 2.24) is 10.2 Å². The van der Waals surface area contributed by atoms with Crippen LogP contribution in [0.15, 0.2) is 54.6 Å². The first-order valence-electron chi connectivity index (χ1n) is 7.69. The number of carbonyl (C=O) groups excluding carboxylic acids is 2. The van der Waals surface area contributed by atoms with Crippen molar-refractivity contribution in [3.8, 4) is 5.75 Å². The van der Waals surface area contributed by atoms with Gasteiger partial charge in [-0.3, -0.25) is 9.69 Å². The van der Waals surface area contributed by atoms with Gasteiger partial charge in [0.25, 0.3) is 5.91 Å². The number of alkyl halides is 3. The number of carbonyl (C=O) groups is 2. The Labute approximate surface area is 147 Å². The highest BCUT2D eigenvalue weighted by Crippen LogP contribution is 2.43. The van der Waals surface area contributed by atoms with Gasteiger partial charge in [0.05, 0.1) is 13.7 Å². The van der Waals surface area contributed by atoms with Crippen LogP contribution in [0.1, 0.15) is 11.1 Å². The molecule has 0 spiro atoms. The highest BCUT2D eigenvalue weighted by atomic mass is 19.4. The number of rotatable bonds is 4. The van der Waals surface area contributed by atoms with Crippen LogP contribution < -0.4 is 10.1 Å². The number of halogens is 3. The summed E-state index contributed by atoms with van der Waals surface area (Å²) in [7, 11) is 1.44. The normalized spacial score (nSPS) is 20.2. The monoisotopic (exact) mass is 364 g/mol. The van der Waals surface area contributed by atoms with E-state index in [0.717, 1.165) is 0 Å². The van der Waals surface area contributed by atoms with E-state index < -0.39 is 23.7 Å². The Bertz CT molecular complexity index is 839. The van der Waals surface area contributed by atoms with Gasteiger partial charge in [-0.1, -0.05) is 42.5 Å². The van der Waals surface area contributed by atoms with Crippen molar-refractivity contribution in [2.75, 3.05) is 7.11 Å². The minimum Gasteiger partial charge on any atom is -0.497 e. The van der Waals surface area contributed by atoms with Gasteiger partial charge in [-0.05, 0) is 23.3 Å². The molecule has 1 heterocycles. The molecule has 3 amide bonds. The number of hydrogen-bond donors (Lipinski definition) is 1. The summed E-state index contributed by atoms with van der Waals surface area (Å²) in [4.78, 5) is 25.5. The Morgan fingerprint density at radius 3 is 2.38 bits per heavy atom. The highest BCUT2D eigenvalue weighted by molar-refractivity contribution is 6.08. The molecular weight excluding hydrogens is 349 g/mol. The summed E-state index contributed by atoms with van der Waals surface area (Å²) in [6.07, 6.45) is -5.00. The minimum atomic E-state index is -5.00. The van der Waals surface area contributed by atoms with Crippen LogP contribution in [0.2, 0.25) is 0 Å². The van der Waals surface area contributed by atoms with Gasteiger partial charge < -0.3 is 10.1 Å². The van der Waals surface area contributed by atoms with Gasteiger partial charge in [0.15, 0.2) is 0 Å². The van der Waals surface area contributed by atoms with Crippen LogP contribution in [0.25, 0.3) is 0 Å². The summed E-state index contributed by atoms with van der Waals surface area (Å²) in [6.45, 7) is -0.299. The summed E-state index contributed by atoms with van der Waals surface area (Å²) >= 11 is 0. The van der Waals surface area contributed by atoms with E-state index >= 15 is 0 Å².